The van der Waals surface area contributed by atoms with E-state index in [0.717, 1.165) is 6.07 Å². The molecule has 1 aliphatic heterocycles. The number of halogens is 3. The van der Waals surface area contributed by atoms with Crippen molar-refractivity contribution in [2.45, 2.75) is 13.1 Å². The fourth-order valence-corrected chi connectivity index (χ4v) is 2.93. The first-order valence-electron chi connectivity index (χ1n) is 8.94. The molecule has 2 aromatic rings. The molecule has 6 nitrogen and oxygen atoms in total. The summed E-state index contributed by atoms with van der Waals surface area (Å²) in [5, 5.41) is 2.67. The molecule has 1 aromatic carbocycles. The molecule has 0 saturated heterocycles. The molecule has 0 atom stereocenters. The Morgan fingerprint density at radius 2 is 1.93 bits per heavy atom. The van der Waals surface area contributed by atoms with E-state index in [4.69, 9.17) is 0 Å². The fraction of sp³-hybridized carbons (Fsp3) is 0.250. The molecule has 0 saturated carbocycles. The van der Waals surface area contributed by atoms with Crippen LogP contribution in [-0.2, 0) is 6.18 Å². The van der Waals surface area contributed by atoms with E-state index in [2.05, 4.69) is 10.3 Å². The third-order valence-electron chi connectivity index (χ3n) is 4.33. The molecule has 29 heavy (non-hydrogen) atoms. The average Bonchev–Trinajstić information content (AvgIpc) is 2.73. The Hall–Kier alpha value is -3.36. The second-order valence-electron chi connectivity index (χ2n) is 6.33. The van der Waals surface area contributed by atoms with E-state index in [-0.39, 0.29) is 19.1 Å². The predicted molar refractivity (Wildman–Crippen MR) is 101 cm³/mol. The third kappa shape index (κ3) is 4.56. The average molecular weight is 404 g/mol. The summed E-state index contributed by atoms with van der Waals surface area (Å²) < 4.78 is 39.7. The molecule has 2 amide bonds. The van der Waals surface area contributed by atoms with Gasteiger partial charge < -0.3 is 15.1 Å². The number of benzene rings is 1. The summed E-state index contributed by atoms with van der Waals surface area (Å²) in [6.07, 6.45) is 0.159. The highest BCUT2D eigenvalue weighted by molar-refractivity contribution is 5.96. The summed E-state index contributed by atoms with van der Waals surface area (Å²) in [5.74, 6) is -0.497. The van der Waals surface area contributed by atoms with Crippen molar-refractivity contribution in [3.8, 4) is 0 Å². The lowest BCUT2D eigenvalue weighted by Gasteiger charge is -2.32. The van der Waals surface area contributed by atoms with Crippen molar-refractivity contribution >= 4 is 17.6 Å². The van der Waals surface area contributed by atoms with Gasteiger partial charge in [-0.1, -0.05) is 12.1 Å². The van der Waals surface area contributed by atoms with Crippen LogP contribution in [0, 0.1) is 0 Å². The van der Waals surface area contributed by atoms with Crippen molar-refractivity contribution < 1.29 is 22.8 Å². The predicted octanol–water partition coefficient (Wildman–Crippen LogP) is 3.28. The van der Waals surface area contributed by atoms with E-state index in [1.807, 2.05) is 0 Å². The molecule has 0 unspecified atom stereocenters. The Morgan fingerprint density at radius 1 is 1.17 bits per heavy atom. The van der Waals surface area contributed by atoms with Crippen LogP contribution in [0.1, 0.15) is 33.2 Å². The van der Waals surface area contributed by atoms with Crippen LogP contribution < -0.4 is 10.2 Å². The number of pyridine rings is 1. The minimum atomic E-state index is -4.62. The number of nitrogens with zero attached hydrogens (tertiary/aromatic N) is 3. The van der Waals surface area contributed by atoms with Crippen molar-refractivity contribution in [1.82, 2.24) is 15.2 Å². The lowest BCUT2D eigenvalue weighted by molar-refractivity contribution is -0.138. The Kier molecular flexibility index (Phi) is 5.86. The molecular weight excluding hydrogens is 385 g/mol. The second-order valence-corrected chi connectivity index (χ2v) is 6.33. The van der Waals surface area contributed by atoms with Crippen molar-refractivity contribution in [3.05, 3.63) is 71.6 Å². The quantitative estimate of drug-likeness (QED) is 0.850. The molecule has 0 aliphatic carbocycles. The van der Waals surface area contributed by atoms with Crippen molar-refractivity contribution in [3.63, 3.8) is 0 Å². The summed E-state index contributed by atoms with van der Waals surface area (Å²) >= 11 is 0. The van der Waals surface area contributed by atoms with Crippen LogP contribution in [0.2, 0.25) is 0 Å². The van der Waals surface area contributed by atoms with Gasteiger partial charge in [0.15, 0.2) is 0 Å². The van der Waals surface area contributed by atoms with Crippen molar-refractivity contribution in [2.75, 3.05) is 24.7 Å². The Bertz CT molecular complexity index is 926. The standard InChI is InChI=1S/C20H19F3N4O2/c1-2-24-18(28)14-8-9-17(25-12-14)26-10-5-11-27(13-26)19(29)15-6-3-4-7-16(15)20(21,22)23/h3-10,12H,2,11,13H2,1H3,(H,24,28). The lowest BCUT2D eigenvalue weighted by Crippen LogP contribution is -2.43. The smallest absolute Gasteiger partial charge is 0.352 e. The minimum Gasteiger partial charge on any atom is -0.352 e. The van der Waals surface area contributed by atoms with Gasteiger partial charge in [-0.15, -0.1) is 0 Å². The zero-order valence-corrected chi connectivity index (χ0v) is 15.6. The van der Waals surface area contributed by atoms with Crippen LogP contribution in [0.4, 0.5) is 19.0 Å². The first-order chi connectivity index (χ1) is 13.8. The maximum atomic E-state index is 13.2. The highest BCUT2D eigenvalue weighted by Gasteiger charge is 2.36. The molecule has 2 heterocycles. The van der Waals surface area contributed by atoms with Crippen LogP contribution >= 0.6 is 0 Å². The Balaban J connectivity index is 1.78. The van der Waals surface area contributed by atoms with E-state index in [1.165, 1.54) is 29.3 Å². The highest BCUT2D eigenvalue weighted by atomic mass is 19.4. The lowest BCUT2D eigenvalue weighted by atomic mass is 10.1. The van der Waals surface area contributed by atoms with Crippen molar-refractivity contribution in [1.29, 1.82) is 0 Å². The van der Waals surface area contributed by atoms with Crippen molar-refractivity contribution in [2.24, 2.45) is 0 Å². The van der Waals surface area contributed by atoms with Gasteiger partial charge in [0.1, 0.15) is 5.82 Å². The van der Waals surface area contributed by atoms with Crippen LogP contribution in [0.3, 0.4) is 0 Å². The molecular formula is C20H19F3N4O2. The van der Waals surface area contributed by atoms with Crippen LogP contribution in [0.5, 0.6) is 0 Å². The Labute approximate surface area is 165 Å². The van der Waals surface area contributed by atoms with Gasteiger partial charge in [-0.25, -0.2) is 4.98 Å². The molecule has 0 fully saturated rings. The molecule has 0 radical (unpaired) electrons. The first-order valence-corrected chi connectivity index (χ1v) is 8.94. The number of hydrogen-bond acceptors (Lipinski definition) is 4. The fourth-order valence-electron chi connectivity index (χ4n) is 2.93. The van der Waals surface area contributed by atoms with E-state index in [0.29, 0.717) is 17.9 Å². The van der Waals surface area contributed by atoms with Crippen LogP contribution in [0.15, 0.2) is 54.9 Å². The number of amides is 2. The summed E-state index contributed by atoms with van der Waals surface area (Å²) in [5.41, 5.74) is -0.964. The number of nitrogens with one attached hydrogen (secondary N) is 1. The highest BCUT2D eigenvalue weighted by Crippen LogP contribution is 2.32. The van der Waals surface area contributed by atoms with Crippen LogP contribution in [0.25, 0.3) is 0 Å². The van der Waals surface area contributed by atoms with Gasteiger partial charge in [0.05, 0.1) is 23.4 Å². The topological polar surface area (TPSA) is 65.5 Å². The second kappa shape index (κ2) is 8.34. The van der Waals surface area contributed by atoms with E-state index in [1.54, 1.807) is 36.2 Å². The van der Waals surface area contributed by atoms with Gasteiger partial charge >= 0.3 is 6.18 Å². The van der Waals surface area contributed by atoms with Gasteiger partial charge in [0.25, 0.3) is 11.8 Å². The maximum absolute atomic E-state index is 13.2. The Morgan fingerprint density at radius 3 is 2.59 bits per heavy atom. The molecule has 0 spiro atoms. The molecule has 9 heteroatoms. The van der Waals surface area contributed by atoms with Gasteiger partial charge in [0.2, 0.25) is 0 Å². The number of anilines is 1. The molecule has 152 valence electrons. The molecule has 1 aromatic heterocycles. The maximum Gasteiger partial charge on any atom is 0.417 e. The number of carbonyl (C=O) groups is 2. The first kappa shape index (κ1) is 20.4. The monoisotopic (exact) mass is 404 g/mol. The zero-order valence-electron chi connectivity index (χ0n) is 15.6. The SMILES string of the molecule is CCNC(=O)c1ccc(N2C=CCN(C(=O)c3ccccc3C(F)(F)F)C2)nc1. The minimum absolute atomic E-state index is 0.0367. The number of carbonyl (C=O) groups excluding carboxylic acids is 2. The summed E-state index contributed by atoms with van der Waals surface area (Å²) in [4.78, 5) is 31.7. The molecule has 1 aliphatic rings. The van der Waals surface area contributed by atoms with E-state index < -0.39 is 23.2 Å². The number of hydrogen-bond donors (Lipinski definition) is 1. The number of rotatable bonds is 4. The molecule has 0 bridgehead atoms. The number of alkyl halides is 3. The van der Waals surface area contributed by atoms with Gasteiger partial charge in [-0.3, -0.25) is 9.59 Å². The summed E-state index contributed by atoms with van der Waals surface area (Å²) in [7, 11) is 0. The van der Waals surface area contributed by atoms with E-state index in [9.17, 15) is 22.8 Å². The van der Waals surface area contributed by atoms with Gasteiger partial charge in [-0.2, -0.15) is 13.2 Å². The van der Waals surface area contributed by atoms with E-state index >= 15 is 0 Å². The normalized spacial score (nSPS) is 14.1. The summed E-state index contributed by atoms with van der Waals surface area (Å²) in [6.45, 7) is 2.51. The zero-order chi connectivity index (χ0) is 21.0. The summed E-state index contributed by atoms with van der Waals surface area (Å²) in [6, 6.07) is 7.94. The van der Waals surface area contributed by atoms with Gasteiger partial charge in [-0.05, 0) is 37.3 Å². The van der Waals surface area contributed by atoms with Crippen LogP contribution in [-0.4, -0.2) is 41.5 Å². The molecule has 3 rings (SSSR count). The number of aromatic nitrogens is 1. The van der Waals surface area contributed by atoms with Gasteiger partial charge in [0, 0.05) is 25.5 Å². The largest absolute Gasteiger partial charge is 0.417 e. The third-order valence-corrected chi connectivity index (χ3v) is 4.33. The molecule has 1 N–H and O–H groups in total.